The van der Waals surface area contributed by atoms with Gasteiger partial charge in [0.05, 0.1) is 10.8 Å². The fourth-order valence-corrected chi connectivity index (χ4v) is 2.53. The van der Waals surface area contributed by atoms with Gasteiger partial charge >= 0.3 is 0 Å². The molecule has 1 aromatic carbocycles. The summed E-state index contributed by atoms with van der Waals surface area (Å²) in [7, 11) is -0.895. The van der Waals surface area contributed by atoms with E-state index in [9.17, 15) is 4.21 Å². The average molecular weight is 246 g/mol. The third-order valence-corrected chi connectivity index (χ3v) is 3.82. The lowest BCUT2D eigenvalue weighted by molar-refractivity contribution is 0.673. The summed E-state index contributed by atoms with van der Waals surface area (Å²) in [6.45, 7) is 0.716. The van der Waals surface area contributed by atoms with E-state index in [0.717, 1.165) is 24.2 Å². The minimum Gasteiger partial charge on any atom is -0.330 e. The monoisotopic (exact) mass is 245 g/mol. The number of unbranched alkanes of at least 4 members (excludes halogenated alkanes) is 2. The molecule has 1 unspecified atom stereocenters. The first-order valence-electron chi connectivity index (χ1n) is 5.08. The number of nitrogens with two attached hydrogens (primary N) is 1. The first-order chi connectivity index (χ1) is 7.24. The van der Waals surface area contributed by atoms with E-state index in [4.69, 9.17) is 17.3 Å². The predicted octanol–water partition coefficient (Wildman–Crippen LogP) is 2.58. The van der Waals surface area contributed by atoms with Gasteiger partial charge < -0.3 is 5.73 Å². The summed E-state index contributed by atoms with van der Waals surface area (Å²) in [5.74, 6) is 0.710. The van der Waals surface area contributed by atoms with Gasteiger partial charge in [0, 0.05) is 15.7 Å². The highest BCUT2D eigenvalue weighted by molar-refractivity contribution is 7.85. The fourth-order valence-electron chi connectivity index (χ4n) is 1.26. The Hall–Kier alpha value is -0.380. The van der Waals surface area contributed by atoms with Gasteiger partial charge in [-0.3, -0.25) is 4.21 Å². The van der Waals surface area contributed by atoms with Crippen molar-refractivity contribution in [3.63, 3.8) is 0 Å². The molecule has 84 valence electrons. The number of hydrogen-bond acceptors (Lipinski definition) is 2. The first-order valence-corrected chi connectivity index (χ1v) is 6.77. The van der Waals surface area contributed by atoms with Gasteiger partial charge in [0.1, 0.15) is 0 Å². The normalized spacial score (nSPS) is 12.7. The number of rotatable bonds is 6. The van der Waals surface area contributed by atoms with Crippen LogP contribution in [0.3, 0.4) is 0 Å². The maximum absolute atomic E-state index is 11.8. The molecule has 0 fully saturated rings. The van der Waals surface area contributed by atoms with Gasteiger partial charge in [0.25, 0.3) is 0 Å². The van der Waals surface area contributed by atoms with E-state index in [-0.39, 0.29) is 0 Å². The van der Waals surface area contributed by atoms with Crippen molar-refractivity contribution in [2.45, 2.75) is 24.2 Å². The molecule has 1 rings (SSSR count). The van der Waals surface area contributed by atoms with Crippen molar-refractivity contribution in [1.29, 1.82) is 0 Å². The Balaban J connectivity index is 2.37. The van der Waals surface area contributed by atoms with Gasteiger partial charge in [0.15, 0.2) is 0 Å². The van der Waals surface area contributed by atoms with Crippen LogP contribution >= 0.6 is 11.6 Å². The molecule has 0 spiro atoms. The molecule has 4 heteroatoms. The molecule has 0 amide bonds. The highest BCUT2D eigenvalue weighted by atomic mass is 35.5. The number of hydrogen-bond donors (Lipinski definition) is 1. The molecule has 2 nitrogen and oxygen atoms in total. The van der Waals surface area contributed by atoms with Crippen LogP contribution in [0.4, 0.5) is 0 Å². The summed E-state index contributed by atoms with van der Waals surface area (Å²) in [5, 5.41) is 0.680. The Labute approximate surface area is 98.3 Å². The van der Waals surface area contributed by atoms with Gasteiger partial charge in [-0.2, -0.15) is 0 Å². The van der Waals surface area contributed by atoms with Crippen molar-refractivity contribution in [1.82, 2.24) is 0 Å². The summed E-state index contributed by atoms with van der Waals surface area (Å²) >= 11 is 5.75. The lowest BCUT2D eigenvalue weighted by Crippen LogP contribution is -2.01. The van der Waals surface area contributed by atoms with Crippen LogP contribution < -0.4 is 5.73 Å². The molecule has 0 radical (unpaired) electrons. The van der Waals surface area contributed by atoms with Crippen molar-refractivity contribution in [3.8, 4) is 0 Å². The molecule has 0 aromatic heterocycles. The van der Waals surface area contributed by atoms with Crippen LogP contribution in [0.25, 0.3) is 0 Å². The Bertz CT molecular complexity index is 313. The molecule has 15 heavy (non-hydrogen) atoms. The third-order valence-electron chi connectivity index (χ3n) is 2.11. The van der Waals surface area contributed by atoms with E-state index >= 15 is 0 Å². The van der Waals surface area contributed by atoms with Crippen LogP contribution in [0.15, 0.2) is 29.2 Å². The molecule has 2 N–H and O–H groups in total. The zero-order valence-corrected chi connectivity index (χ0v) is 10.2. The van der Waals surface area contributed by atoms with Crippen LogP contribution in [-0.2, 0) is 10.8 Å². The van der Waals surface area contributed by atoms with Crippen molar-refractivity contribution in [2.75, 3.05) is 12.3 Å². The summed E-state index contributed by atoms with van der Waals surface area (Å²) in [6, 6.07) is 7.19. The number of benzene rings is 1. The molecule has 1 atom stereocenters. The second-order valence-corrected chi connectivity index (χ2v) is 5.36. The first kappa shape index (κ1) is 12.7. The summed E-state index contributed by atoms with van der Waals surface area (Å²) < 4.78 is 11.8. The Morgan fingerprint density at radius 1 is 1.13 bits per heavy atom. The van der Waals surface area contributed by atoms with E-state index in [1.807, 2.05) is 12.1 Å². The summed E-state index contributed by atoms with van der Waals surface area (Å²) in [5.41, 5.74) is 5.38. The molecule has 0 saturated carbocycles. The highest BCUT2D eigenvalue weighted by Gasteiger charge is 2.02. The molecule has 0 heterocycles. The molecular formula is C11H16ClNOS. The van der Waals surface area contributed by atoms with E-state index in [1.165, 1.54) is 0 Å². The Kier molecular flexibility index (Phi) is 5.91. The van der Waals surface area contributed by atoms with Crippen LogP contribution in [0.5, 0.6) is 0 Å². The number of halogens is 1. The highest BCUT2D eigenvalue weighted by Crippen LogP contribution is 2.13. The smallest absolute Gasteiger partial charge is 0.0529 e. The summed E-state index contributed by atoms with van der Waals surface area (Å²) in [4.78, 5) is 0.854. The zero-order chi connectivity index (χ0) is 11.1. The standard InChI is InChI=1S/C11H16ClNOS/c12-10-4-6-11(7-5-10)15(14)9-3-1-2-8-13/h4-7H,1-3,8-9,13H2. The van der Waals surface area contributed by atoms with Gasteiger partial charge in [0.2, 0.25) is 0 Å². The second-order valence-electron chi connectivity index (χ2n) is 3.35. The minimum absolute atomic E-state index is 0.680. The van der Waals surface area contributed by atoms with Crippen LogP contribution in [0.2, 0.25) is 5.02 Å². The summed E-state index contributed by atoms with van der Waals surface area (Å²) in [6.07, 6.45) is 3.03. The molecular weight excluding hydrogens is 230 g/mol. The van der Waals surface area contributed by atoms with Gasteiger partial charge in [-0.15, -0.1) is 0 Å². The lowest BCUT2D eigenvalue weighted by Gasteiger charge is -2.02. The third kappa shape index (κ3) is 4.78. The van der Waals surface area contributed by atoms with Crippen LogP contribution in [0, 0.1) is 0 Å². The molecule has 1 aromatic rings. The SMILES string of the molecule is NCCCCCS(=O)c1ccc(Cl)cc1. The largest absolute Gasteiger partial charge is 0.330 e. The molecule has 0 aliphatic heterocycles. The molecule has 0 aliphatic carbocycles. The molecule has 0 saturated heterocycles. The second kappa shape index (κ2) is 6.99. The van der Waals surface area contributed by atoms with Crippen molar-refractivity contribution in [2.24, 2.45) is 5.73 Å². The maximum Gasteiger partial charge on any atom is 0.0529 e. The molecule has 0 aliphatic rings. The Morgan fingerprint density at radius 2 is 1.80 bits per heavy atom. The zero-order valence-electron chi connectivity index (χ0n) is 8.62. The predicted molar refractivity (Wildman–Crippen MR) is 65.6 cm³/mol. The van der Waals surface area contributed by atoms with E-state index < -0.39 is 10.8 Å². The van der Waals surface area contributed by atoms with Crippen LogP contribution in [0.1, 0.15) is 19.3 Å². The van der Waals surface area contributed by atoms with Crippen molar-refractivity contribution < 1.29 is 4.21 Å². The Morgan fingerprint density at radius 3 is 2.40 bits per heavy atom. The average Bonchev–Trinajstić information content (AvgIpc) is 2.25. The fraction of sp³-hybridized carbons (Fsp3) is 0.455. The maximum atomic E-state index is 11.8. The van der Waals surface area contributed by atoms with Crippen molar-refractivity contribution in [3.05, 3.63) is 29.3 Å². The van der Waals surface area contributed by atoms with Gasteiger partial charge in [-0.1, -0.05) is 18.0 Å². The van der Waals surface area contributed by atoms with E-state index in [1.54, 1.807) is 12.1 Å². The topological polar surface area (TPSA) is 43.1 Å². The van der Waals surface area contributed by atoms with Crippen LogP contribution in [-0.4, -0.2) is 16.5 Å². The van der Waals surface area contributed by atoms with Gasteiger partial charge in [-0.25, -0.2) is 0 Å². The van der Waals surface area contributed by atoms with E-state index in [2.05, 4.69) is 0 Å². The molecule has 0 bridgehead atoms. The van der Waals surface area contributed by atoms with Gasteiger partial charge in [-0.05, 0) is 43.7 Å². The lowest BCUT2D eigenvalue weighted by atomic mass is 10.2. The minimum atomic E-state index is -0.895. The van der Waals surface area contributed by atoms with E-state index in [0.29, 0.717) is 17.3 Å². The van der Waals surface area contributed by atoms with Crippen molar-refractivity contribution >= 4 is 22.4 Å². The quantitative estimate of drug-likeness (QED) is 0.783.